The van der Waals surface area contributed by atoms with E-state index in [2.05, 4.69) is 5.32 Å². The molecule has 1 aliphatic rings. The van der Waals surface area contributed by atoms with E-state index in [1.165, 1.54) is 12.1 Å². The highest BCUT2D eigenvalue weighted by Crippen LogP contribution is 2.32. The maximum Gasteiger partial charge on any atom is 0.255 e. The number of hydrogen-bond donors (Lipinski definition) is 2. The minimum absolute atomic E-state index is 0.0760. The van der Waals surface area contributed by atoms with E-state index in [-0.39, 0.29) is 22.8 Å². The van der Waals surface area contributed by atoms with Gasteiger partial charge in [-0.15, -0.1) is 0 Å². The Labute approximate surface area is 99.4 Å². The fourth-order valence-electron chi connectivity index (χ4n) is 1.87. The average molecular weight is 240 g/mol. The van der Waals surface area contributed by atoms with Gasteiger partial charge in [0.1, 0.15) is 5.75 Å². The van der Waals surface area contributed by atoms with Crippen LogP contribution in [0.25, 0.3) is 0 Å². The fourth-order valence-corrected chi connectivity index (χ4v) is 2.04. The molecule has 16 heavy (non-hydrogen) atoms. The first-order valence-corrected chi connectivity index (χ1v) is 5.69. The number of hydrogen-bond acceptors (Lipinski definition) is 2. The van der Waals surface area contributed by atoms with Crippen LogP contribution < -0.4 is 5.32 Å². The Bertz CT molecular complexity index is 427. The highest BCUT2D eigenvalue weighted by atomic mass is 35.5. The van der Waals surface area contributed by atoms with Gasteiger partial charge in [-0.1, -0.05) is 11.6 Å². The van der Waals surface area contributed by atoms with E-state index in [1.807, 2.05) is 6.92 Å². The van der Waals surface area contributed by atoms with Crippen LogP contribution in [0.5, 0.6) is 5.75 Å². The van der Waals surface area contributed by atoms with Crippen molar-refractivity contribution in [3.8, 4) is 5.75 Å². The van der Waals surface area contributed by atoms with Crippen LogP contribution >= 0.6 is 11.6 Å². The normalized spacial score (nSPS) is 17.6. The molecule has 2 rings (SSSR count). The number of rotatable bonds is 2. The highest BCUT2D eigenvalue weighted by molar-refractivity contribution is 6.30. The zero-order chi connectivity index (χ0) is 11.8. The molecule has 1 saturated carbocycles. The minimum atomic E-state index is -0.239. The van der Waals surface area contributed by atoms with Crippen molar-refractivity contribution in [1.29, 1.82) is 0 Å². The minimum Gasteiger partial charge on any atom is -0.507 e. The predicted molar refractivity (Wildman–Crippen MR) is 62.8 cm³/mol. The number of nitrogens with one attached hydrogen (secondary N) is 1. The molecule has 2 N–H and O–H groups in total. The standard InChI is InChI=1S/C12H14ClNO2/c1-12(5-2-6-12)14-11(16)9-4-3-8(13)7-10(9)15/h3-4,7,15H,2,5-6H2,1H3,(H,14,16). The van der Waals surface area contributed by atoms with Crippen LogP contribution in [0.2, 0.25) is 5.02 Å². The summed E-state index contributed by atoms with van der Waals surface area (Å²) < 4.78 is 0. The zero-order valence-corrected chi connectivity index (χ0v) is 9.84. The molecular formula is C12H14ClNO2. The molecule has 1 aromatic rings. The van der Waals surface area contributed by atoms with E-state index in [1.54, 1.807) is 6.07 Å². The van der Waals surface area contributed by atoms with Crippen LogP contribution in [0, 0.1) is 0 Å². The Hall–Kier alpha value is -1.22. The van der Waals surface area contributed by atoms with Crippen molar-refractivity contribution < 1.29 is 9.90 Å². The number of carbonyl (C=O) groups excluding carboxylic acids is 1. The van der Waals surface area contributed by atoms with Crippen LogP contribution in [0.3, 0.4) is 0 Å². The van der Waals surface area contributed by atoms with E-state index in [0.717, 1.165) is 19.3 Å². The molecule has 0 atom stereocenters. The summed E-state index contributed by atoms with van der Waals surface area (Å²) in [6.45, 7) is 2.02. The van der Waals surface area contributed by atoms with E-state index >= 15 is 0 Å². The topological polar surface area (TPSA) is 49.3 Å². The van der Waals surface area contributed by atoms with E-state index < -0.39 is 0 Å². The summed E-state index contributed by atoms with van der Waals surface area (Å²) in [6, 6.07) is 4.51. The average Bonchev–Trinajstić information content (AvgIpc) is 2.14. The molecule has 4 heteroatoms. The van der Waals surface area contributed by atoms with Gasteiger partial charge in [-0.25, -0.2) is 0 Å². The summed E-state index contributed by atoms with van der Waals surface area (Å²) in [5, 5.41) is 13.0. The van der Waals surface area contributed by atoms with Crippen molar-refractivity contribution >= 4 is 17.5 Å². The Morgan fingerprint density at radius 3 is 2.69 bits per heavy atom. The second-order valence-electron chi connectivity index (χ2n) is 4.53. The monoisotopic (exact) mass is 239 g/mol. The van der Waals surface area contributed by atoms with Crippen LogP contribution in [0.1, 0.15) is 36.5 Å². The number of amides is 1. The van der Waals surface area contributed by atoms with Gasteiger partial charge in [-0.2, -0.15) is 0 Å². The molecule has 0 unspecified atom stereocenters. The summed E-state index contributed by atoms with van der Waals surface area (Å²) >= 11 is 5.70. The summed E-state index contributed by atoms with van der Waals surface area (Å²) in [5.74, 6) is -0.315. The number of phenolic OH excluding ortho intramolecular Hbond substituents is 1. The van der Waals surface area contributed by atoms with Gasteiger partial charge in [-0.05, 0) is 44.4 Å². The molecule has 1 aromatic carbocycles. The largest absolute Gasteiger partial charge is 0.507 e. The van der Waals surface area contributed by atoms with Crippen molar-refractivity contribution in [2.75, 3.05) is 0 Å². The third-order valence-electron chi connectivity index (χ3n) is 3.08. The maximum absolute atomic E-state index is 11.9. The molecule has 1 fully saturated rings. The molecule has 0 radical (unpaired) electrons. The maximum atomic E-state index is 11.9. The number of halogens is 1. The van der Waals surface area contributed by atoms with E-state index in [9.17, 15) is 9.90 Å². The number of benzene rings is 1. The summed E-state index contributed by atoms with van der Waals surface area (Å²) in [4.78, 5) is 11.9. The lowest BCUT2D eigenvalue weighted by atomic mass is 9.78. The Morgan fingerprint density at radius 1 is 1.50 bits per heavy atom. The Balaban J connectivity index is 2.14. The number of carbonyl (C=O) groups is 1. The van der Waals surface area contributed by atoms with E-state index in [4.69, 9.17) is 11.6 Å². The molecule has 0 aromatic heterocycles. The summed E-state index contributed by atoms with van der Waals surface area (Å²) in [5.41, 5.74) is 0.168. The smallest absolute Gasteiger partial charge is 0.255 e. The van der Waals surface area contributed by atoms with Gasteiger partial charge in [-0.3, -0.25) is 4.79 Å². The zero-order valence-electron chi connectivity index (χ0n) is 9.09. The molecular weight excluding hydrogens is 226 g/mol. The molecule has 1 amide bonds. The molecule has 0 heterocycles. The van der Waals surface area contributed by atoms with Crippen molar-refractivity contribution in [1.82, 2.24) is 5.32 Å². The van der Waals surface area contributed by atoms with Crippen molar-refractivity contribution in [2.24, 2.45) is 0 Å². The first kappa shape index (κ1) is 11.3. The van der Waals surface area contributed by atoms with Gasteiger partial charge >= 0.3 is 0 Å². The van der Waals surface area contributed by atoms with Crippen molar-refractivity contribution in [3.05, 3.63) is 28.8 Å². The lowest BCUT2D eigenvalue weighted by Crippen LogP contribution is -2.50. The molecule has 0 bridgehead atoms. The first-order valence-electron chi connectivity index (χ1n) is 5.31. The lowest BCUT2D eigenvalue weighted by Gasteiger charge is -2.39. The Morgan fingerprint density at radius 2 is 2.19 bits per heavy atom. The van der Waals surface area contributed by atoms with Gasteiger partial charge in [0.25, 0.3) is 5.91 Å². The highest BCUT2D eigenvalue weighted by Gasteiger charge is 2.33. The molecule has 3 nitrogen and oxygen atoms in total. The third kappa shape index (κ3) is 2.14. The number of aromatic hydroxyl groups is 1. The predicted octanol–water partition coefficient (Wildman–Crippen LogP) is 2.72. The van der Waals surface area contributed by atoms with Crippen molar-refractivity contribution in [3.63, 3.8) is 0 Å². The summed E-state index contributed by atoms with van der Waals surface area (Å²) in [6.07, 6.45) is 3.13. The number of phenols is 1. The van der Waals surface area contributed by atoms with Crippen LogP contribution in [-0.2, 0) is 0 Å². The molecule has 0 aliphatic heterocycles. The first-order chi connectivity index (χ1) is 7.50. The quantitative estimate of drug-likeness (QED) is 0.834. The van der Waals surface area contributed by atoms with E-state index in [0.29, 0.717) is 5.02 Å². The van der Waals surface area contributed by atoms with Gasteiger partial charge < -0.3 is 10.4 Å². The fraction of sp³-hybridized carbons (Fsp3) is 0.417. The second kappa shape index (κ2) is 3.98. The van der Waals surface area contributed by atoms with Gasteiger partial charge in [0.2, 0.25) is 0 Å². The molecule has 0 spiro atoms. The SMILES string of the molecule is CC1(NC(=O)c2ccc(Cl)cc2O)CCC1. The molecule has 1 aliphatic carbocycles. The van der Waals surface area contributed by atoms with Crippen LogP contribution in [0.15, 0.2) is 18.2 Å². The Kier molecular flexibility index (Phi) is 2.80. The molecule has 86 valence electrons. The van der Waals surface area contributed by atoms with Gasteiger partial charge in [0.05, 0.1) is 5.56 Å². The lowest BCUT2D eigenvalue weighted by molar-refractivity contribution is 0.0848. The third-order valence-corrected chi connectivity index (χ3v) is 3.31. The second-order valence-corrected chi connectivity index (χ2v) is 4.97. The van der Waals surface area contributed by atoms with Gasteiger partial charge in [0.15, 0.2) is 0 Å². The van der Waals surface area contributed by atoms with Crippen LogP contribution in [0.4, 0.5) is 0 Å². The van der Waals surface area contributed by atoms with Gasteiger partial charge in [0, 0.05) is 10.6 Å². The molecule has 0 saturated heterocycles. The van der Waals surface area contributed by atoms with Crippen LogP contribution in [-0.4, -0.2) is 16.6 Å². The van der Waals surface area contributed by atoms with Crippen molar-refractivity contribution in [2.45, 2.75) is 31.7 Å². The summed E-state index contributed by atoms with van der Waals surface area (Å²) in [7, 11) is 0.